The van der Waals surface area contributed by atoms with E-state index >= 15 is 0 Å². The molecule has 4 aliphatic rings. The maximum Gasteiger partial charge on any atom is 0.304 e. The molecule has 9 heteroatoms. The SMILES string of the molecule is CC[C@H](NC(=O)CC[C@H]1CC[C@H]2[C@@H]3C(=O)C[C@@H]4CC(=O)CC[C@]4(C)[C@H]3CC[C@]12C)c1ccc(S(=O)(=O)O)s1. The van der Waals surface area contributed by atoms with E-state index in [0.29, 0.717) is 66.3 Å². The third-order valence-electron chi connectivity index (χ3n) is 11.1. The highest BCUT2D eigenvalue weighted by Crippen LogP contribution is 2.66. The fraction of sp³-hybridized carbons (Fsp3) is 0.759. The van der Waals surface area contributed by atoms with Gasteiger partial charge in [0.1, 0.15) is 15.8 Å². The highest BCUT2D eigenvalue weighted by molar-refractivity contribution is 7.88. The first-order valence-corrected chi connectivity index (χ1v) is 16.5. The Labute approximate surface area is 230 Å². The molecule has 0 bridgehead atoms. The van der Waals surface area contributed by atoms with E-state index in [-0.39, 0.29) is 38.8 Å². The summed E-state index contributed by atoms with van der Waals surface area (Å²) < 4.78 is 32.0. The molecule has 8 atom stereocenters. The normalized spacial score (nSPS) is 37.7. The topological polar surface area (TPSA) is 118 Å². The number of rotatable bonds is 7. The van der Waals surface area contributed by atoms with Crippen molar-refractivity contribution in [2.75, 3.05) is 0 Å². The molecule has 1 aromatic heterocycles. The second-order valence-electron chi connectivity index (χ2n) is 12.9. The van der Waals surface area contributed by atoms with Crippen LogP contribution in [0.3, 0.4) is 0 Å². The van der Waals surface area contributed by atoms with Crippen molar-refractivity contribution in [3.05, 3.63) is 17.0 Å². The Balaban J connectivity index is 1.23. The van der Waals surface area contributed by atoms with Gasteiger partial charge in [-0.25, -0.2) is 0 Å². The minimum atomic E-state index is -4.25. The Bertz CT molecular complexity index is 1220. The molecule has 0 spiro atoms. The van der Waals surface area contributed by atoms with Crippen LogP contribution in [0.1, 0.15) is 102 Å². The van der Waals surface area contributed by atoms with E-state index in [0.717, 1.165) is 49.9 Å². The smallest absolute Gasteiger partial charge is 0.304 e. The molecule has 0 radical (unpaired) electrons. The summed E-state index contributed by atoms with van der Waals surface area (Å²) in [7, 11) is -4.25. The van der Waals surface area contributed by atoms with Crippen LogP contribution in [0, 0.1) is 40.4 Å². The number of nitrogens with one attached hydrogen (secondary N) is 1. The molecule has 4 saturated carbocycles. The Hall–Kier alpha value is -1.58. The Morgan fingerprint density at radius 3 is 2.53 bits per heavy atom. The lowest BCUT2D eigenvalue weighted by Gasteiger charge is -2.59. The van der Waals surface area contributed by atoms with Crippen LogP contribution in [-0.4, -0.2) is 30.4 Å². The Morgan fingerprint density at radius 1 is 1.11 bits per heavy atom. The van der Waals surface area contributed by atoms with Crippen LogP contribution in [-0.2, 0) is 24.5 Å². The summed E-state index contributed by atoms with van der Waals surface area (Å²) in [5.41, 5.74) is 0.158. The van der Waals surface area contributed by atoms with Crippen molar-refractivity contribution >= 4 is 38.9 Å². The molecule has 7 nitrogen and oxygen atoms in total. The summed E-state index contributed by atoms with van der Waals surface area (Å²) in [6.07, 6.45) is 8.74. The third-order valence-corrected chi connectivity index (χ3v) is 13.7. The van der Waals surface area contributed by atoms with E-state index in [1.165, 1.54) is 6.07 Å². The molecule has 210 valence electrons. The summed E-state index contributed by atoms with van der Waals surface area (Å²) in [5, 5.41) is 3.06. The minimum Gasteiger partial charge on any atom is -0.348 e. The van der Waals surface area contributed by atoms with Crippen molar-refractivity contribution in [3.8, 4) is 0 Å². The van der Waals surface area contributed by atoms with Crippen molar-refractivity contribution in [1.29, 1.82) is 0 Å². The zero-order valence-corrected chi connectivity index (χ0v) is 24.3. The molecular weight excluding hydrogens is 522 g/mol. The fourth-order valence-electron chi connectivity index (χ4n) is 8.91. The molecule has 4 fully saturated rings. The lowest BCUT2D eigenvalue weighted by molar-refractivity contribution is -0.158. The first-order valence-electron chi connectivity index (χ1n) is 14.3. The van der Waals surface area contributed by atoms with Gasteiger partial charge in [-0.2, -0.15) is 8.42 Å². The van der Waals surface area contributed by atoms with Gasteiger partial charge in [0.15, 0.2) is 0 Å². The van der Waals surface area contributed by atoms with Crippen LogP contribution < -0.4 is 5.32 Å². The summed E-state index contributed by atoms with van der Waals surface area (Å²) in [4.78, 5) is 39.4. The Morgan fingerprint density at radius 2 is 1.84 bits per heavy atom. The number of thiophene rings is 1. The van der Waals surface area contributed by atoms with E-state index in [1.807, 2.05) is 6.92 Å². The van der Waals surface area contributed by atoms with E-state index in [9.17, 15) is 27.4 Å². The van der Waals surface area contributed by atoms with Crippen molar-refractivity contribution in [3.63, 3.8) is 0 Å². The maximum atomic E-state index is 13.5. The molecule has 2 N–H and O–H groups in total. The maximum absolute atomic E-state index is 13.5. The number of hydrogen-bond acceptors (Lipinski definition) is 6. The molecule has 1 heterocycles. The van der Waals surface area contributed by atoms with Crippen LogP contribution in [0.4, 0.5) is 0 Å². The first-order chi connectivity index (χ1) is 17.9. The molecule has 1 aromatic rings. The number of carbonyl (C=O) groups is 3. The number of hydrogen-bond donors (Lipinski definition) is 2. The molecule has 0 saturated heterocycles. The summed E-state index contributed by atoms with van der Waals surface area (Å²) in [5.74, 6) is 2.12. The largest absolute Gasteiger partial charge is 0.348 e. The highest BCUT2D eigenvalue weighted by Gasteiger charge is 2.62. The Kier molecular flexibility index (Phi) is 7.44. The molecule has 0 aromatic carbocycles. The van der Waals surface area contributed by atoms with Gasteiger partial charge in [0.2, 0.25) is 5.91 Å². The predicted octanol–water partition coefficient (Wildman–Crippen LogP) is 5.75. The first kappa shape index (κ1) is 28.0. The summed E-state index contributed by atoms with van der Waals surface area (Å²) in [6.45, 7) is 6.64. The van der Waals surface area contributed by atoms with Crippen molar-refractivity contribution in [2.45, 2.75) is 102 Å². The quantitative estimate of drug-likeness (QED) is 0.408. The standard InChI is InChI=1S/C29H41NO6S2/c1-4-22(24-8-10-26(37-24)38(34,35)36)30-25(33)9-6-17-5-7-20-27-21(12-14-28(17,20)2)29(3)13-11-19(31)15-18(29)16-23(27)32/h8,10,17-18,20-22,27H,4-7,9,11-16H2,1-3H3,(H,30,33)(H,34,35,36)/t17-,18+,20+,21+,22+,27+,28-,29+/m1/s1. The molecular formula is C29H41NO6S2. The van der Waals surface area contributed by atoms with Crippen LogP contribution in [0.2, 0.25) is 0 Å². The van der Waals surface area contributed by atoms with Crippen LogP contribution in [0.5, 0.6) is 0 Å². The average molecular weight is 564 g/mol. The summed E-state index contributed by atoms with van der Waals surface area (Å²) in [6, 6.07) is 2.74. The van der Waals surface area contributed by atoms with Gasteiger partial charge >= 0.3 is 10.1 Å². The van der Waals surface area contributed by atoms with Crippen molar-refractivity contribution < 1.29 is 27.4 Å². The van der Waals surface area contributed by atoms with Crippen LogP contribution in [0.25, 0.3) is 0 Å². The second kappa shape index (κ2) is 10.1. The molecule has 5 rings (SSSR count). The van der Waals surface area contributed by atoms with E-state index < -0.39 is 10.1 Å². The predicted molar refractivity (Wildman–Crippen MR) is 145 cm³/mol. The average Bonchev–Trinajstić information content (AvgIpc) is 3.47. The van der Waals surface area contributed by atoms with Gasteiger partial charge in [-0.05, 0) is 91.6 Å². The summed E-state index contributed by atoms with van der Waals surface area (Å²) >= 11 is 0.987. The number of amides is 1. The zero-order valence-electron chi connectivity index (χ0n) is 22.7. The minimum absolute atomic E-state index is 0.0460. The van der Waals surface area contributed by atoms with Gasteiger partial charge in [0, 0.05) is 36.5 Å². The zero-order chi connectivity index (χ0) is 27.5. The highest BCUT2D eigenvalue weighted by atomic mass is 32.3. The van der Waals surface area contributed by atoms with Gasteiger partial charge < -0.3 is 5.32 Å². The monoisotopic (exact) mass is 563 g/mol. The lowest BCUT2D eigenvalue weighted by atomic mass is 9.44. The fourth-order valence-corrected chi connectivity index (χ4v) is 10.7. The number of carbonyl (C=O) groups excluding carboxylic acids is 3. The molecule has 0 aliphatic heterocycles. The number of fused-ring (bicyclic) bond motifs is 5. The van der Waals surface area contributed by atoms with E-state index in [2.05, 4.69) is 19.2 Å². The molecule has 38 heavy (non-hydrogen) atoms. The van der Waals surface area contributed by atoms with Gasteiger partial charge in [0.25, 0.3) is 0 Å². The molecule has 4 aliphatic carbocycles. The van der Waals surface area contributed by atoms with Gasteiger partial charge in [-0.1, -0.05) is 20.8 Å². The lowest BCUT2D eigenvalue weighted by Crippen LogP contribution is -2.56. The van der Waals surface area contributed by atoms with Gasteiger partial charge in [-0.3, -0.25) is 18.9 Å². The van der Waals surface area contributed by atoms with Crippen molar-refractivity contribution in [1.82, 2.24) is 5.32 Å². The van der Waals surface area contributed by atoms with Gasteiger partial charge in [-0.15, -0.1) is 11.3 Å². The number of Topliss-reactive ketones (excluding diaryl/α,β-unsaturated/α-hetero) is 2. The van der Waals surface area contributed by atoms with E-state index in [4.69, 9.17) is 0 Å². The molecule has 0 unspecified atom stereocenters. The third kappa shape index (κ3) is 4.81. The van der Waals surface area contributed by atoms with Crippen LogP contribution in [0.15, 0.2) is 16.3 Å². The van der Waals surface area contributed by atoms with Gasteiger partial charge in [0.05, 0.1) is 6.04 Å². The van der Waals surface area contributed by atoms with Crippen LogP contribution >= 0.6 is 11.3 Å². The van der Waals surface area contributed by atoms with Crippen molar-refractivity contribution in [2.24, 2.45) is 40.4 Å². The molecule has 1 amide bonds. The second-order valence-corrected chi connectivity index (χ2v) is 15.6. The number of ketones is 2. The van der Waals surface area contributed by atoms with E-state index in [1.54, 1.807) is 6.07 Å².